The largest absolute Gasteiger partial charge is 0.369 e. The molecule has 0 radical (unpaired) electrons. The Kier molecular flexibility index (Phi) is 4.31. The van der Waals surface area contributed by atoms with E-state index in [1.54, 1.807) is 11.0 Å². The Morgan fingerprint density at radius 1 is 1.26 bits per heavy atom. The molecule has 2 rings (SSSR count). The minimum Gasteiger partial charge on any atom is -0.369 e. The van der Waals surface area contributed by atoms with Crippen LogP contribution in [0.25, 0.3) is 11.0 Å². The predicted molar refractivity (Wildman–Crippen MR) is 77.3 cm³/mol. The first-order valence-corrected chi connectivity index (χ1v) is 6.62. The van der Waals surface area contributed by atoms with Crippen molar-refractivity contribution in [1.29, 1.82) is 0 Å². The van der Waals surface area contributed by atoms with Crippen molar-refractivity contribution in [3.8, 4) is 0 Å². The Morgan fingerprint density at radius 3 is 2.79 bits per heavy atom. The summed E-state index contributed by atoms with van der Waals surface area (Å²) in [5.74, 6) is 0.889. The molecule has 0 unspecified atom stereocenters. The van der Waals surface area contributed by atoms with Crippen molar-refractivity contribution in [2.45, 2.75) is 19.8 Å². The molecule has 0 saturated carbocycles. The SMILES string of the molecule is Cc1nn(C)c2ncnc(NCCCCN(C)C)c12. The third kappa shape index (κ3) is 3.20. The van der Waals surface area contributed by atoms with Gasteiger partial charge in [0.05, 0.1) is 11.1 Å². The minimum absolute atomic E-state index is 0.878. The number of hydrogen-bond donors (Lipinski definition) is 1. The number of anilines is 1. The maximum absolute atomic E-state index is 4.39. The van der Waals surface area contributed by atoms with Gasteiger partial charge in [-0.05, 0) is 40.4 Å². The summed E-state index contributed by atoms with van der Waals surface area (Å²) in [5, 5.41) is 8.80. The summed E-state index contributed by atoms with van der Waals surface area (Å²) in [6.45, 7) is 4.03. The number of fused-ring (bicyclic) bond motifs is 1. The molecule has 0 amide bonds. The van der Waals surface area contributed by atoms with Crippen LogP contribution in [0.5, 0.6) is 0 Å². The van der Waals surface area contributed by atoms with Gasteiger partial charge < -0.3 is 10.2 Å². The highest BCUT2D eigenvalue weighted by Crippen LogP contribution is 2.21. The fourth-order valence-corrected chi connectivity index (χ4v) is 2.17. The smallest absolute Gasteiger partial charge is 0.163 e. The Hall–Kier alpha value is -1.69. The maximum Gasteiger partial charge on any atom is 0.163 e. The molecule has 0 aromatic carbocycles. The normalized spacial score (nSPS) is 11.4. The summed E-state index contributed by atoms with van der Waals surface area (Å²) in [5.41, 5.74) is 1.84. The number of aryl methyl sites for hydroxylation is 2. The molecule has 1 N–H and O–H groups in total. The lowest BCUT2D eigenvalue weighted by Gasteiger charge is -2.10. The van der Waals surface area contributed by atoms with E-state index in [-0.39, 0.29) is 0 Å². The summed E-state index contributed by atoms with van der Waals surface area (Å²) in [6.07, 6.45) is 3.90. The molecule has 6 nitrogen and oxygen atoms in total. The quantitative estimate of drug-likeness (QED) is 0.798. The monoisotopic (exact) mass is 262 g/mol. The van der Waals surface area contributed by atoms with Crippen molar-refractivity contribution < 1.29 is 0 Å². The van der Waals surface area contributed by atoms with Crippen LogP contribution in [0.3, 0.4) is 0 Å². The fraction of sp³-hybridized carbons (Fsp3) is 0.615. The number of unbranched alkanes of at least 4 members (excludes halogenated alkanes) is 1. The van der Waals surface area contributed by atoms with E-state index in [0.29, 0.717) is 0 Å². The van der Waals surface area contributed by atoms with E-state index in [1.165, 1.54) is 6.42 Å². The molecule has 2 heterocycles. The summed E-state index contributed by atoms with van der Waals surface area (Å²) in [6, 6.07) is 0. The highest BCUT2D eigenvalue weighted by atomic mass is 15.3. The predicted octanol–water partition coefficient (Wildman–Crippen LogP) is 1.43. The van der Waals surface area contributed by atoms with Crippen molar-refractivity contribution in [3.63, 3.8) is 0 Å². The van der Waals surface area contributed by atoms with E-state index >= 15 is 0 Å². The molecule has 19 heavy (non-hydrogen) atoms. The van der Waals surface area contributed by atoms with Gasteiger partial charge in [0.25, 0.3) is 0 Å². The summed E-state index contributed by atoms with van der Waals surface area (Å²) in [7, 11) is 6.10. The van der Waals surface area contributed by atoms with Gasteiger partial charge in [0.2, 0.25) is 0 Å². The van der Waals surface area contributed by atoms with Crippen molar-refractivity contribution >= 4 is 16.9 Å². The molecule has 0 bridgehead atoms. The fourth-order valence-electron chi connectivity index (χ4n) is 2.17. The zero-order valence-electron chi connectivity index (χ0n) is 12.1. The first-order chi connectivity index (χ1) is 9.09. The summed E-state index contributed by atoms with van der Waals surface area (Å²) >= 11 is 0. The van der Waals surface area contributed by atoms with Crippen LogP contribution < -0.4 is 5.32 Å². The van der Waals surface area contributed by atoms with Crippen LogP contribution in [0, 0.1) is 6.92 Å². The average molecular weight is 262 g/mol. The zero-order chi connectivity index (χ0) is 13.8. The number of nitrogens with zero attached hydrogens (tertiary/aromatic N) is 5. The lowest BCUT2D eigenvalue weighted by Crippen LogP contribution is -2.14. The first-order valence-electron chi connectivity index (χ1n) is 6.62. The Bertz CT molecular complexity index is 545. The number of aromatic nitrogens is 4. The summed E-state index contributed by atoms with van der Waals surface area (Å²) < 4.78 is 1.80. The van der Waals surface area contributed by atoms with Gasteiger partial charge in [-0.25, -0.2) is 9.97 Å². The van der Waals surface area contributed by atoms with Gasteiger partial charge in [0.15, 0.2) is 5.65 Å². The van der Waals surface area contributed by atoms with Crippen LogP contribution in [0.1, 0.15) is 18.5 Å². The maximum atomic E-state index is 4.39. The minimum atomic E-state index is 0.878. The molecule has 2 aromatic rings. The number of rotatable bonds is 6. The van der Waals surface area contributed by atoms with E-state index in [2.05, 4.69) is 39.4 Å². The zero-order valence-corrected chi connectivity index (χ0v) is 12.1. The molecular weight excluding hydrogens is 240 g/mol. The van der Waals surface area contributed by atoms with Gasteiger partial charge in [-0.15, -0.1) is 0 Å². The highest BCUT2D eigenvalue weighted by molar-refractivity contribution is 5.88. The van der Waals surface area contributed by atoms with E-state index in [1.807, 2.05) is 14.0 Å². The second-order valence-electron chi connectivity index (χ2n) is 5.07. The molecule has 104 valence electrons. The van der Waals surface area contributed by atoms with Crippen molar-refractivity contribution in [3.05, 3.63) is 12.0 Å². The average Bonchev–Trinajstić information content (AvgIpc) is 2.65. The van der Waals surface area contributed by atoms with Crippen molar-refractivity contribution in [2.75, 3.05) is 32.5 Å². The molecule has 0 saturated heterocycles. The molecule has 0 aliphatic rings. The Morgan fingerprint density at radius 2 is 2.05 bits per heavy atom. The van der Waals surface area contributed by atoms with Crippen LogP contribution in [0.2, 0.25) is 0 Å². The van der Waals surface area contributed by atoms with Crippen LogP contribution in [0.15, 0.2) is 6.33 Å². The van der Waals surface area contributed by atoms with E-state index in [4.69, 9.17) is 0 Å². The topological polar surface area (TPSA) is 58.9 Å². The van der Waals surface area contributed by atoms with E-state index < -0.39 is 0 Å². The highest BCUT2D eigenvalue weighted by Gasteiger charge is 2.11. The third-order valence-corrected chi connectivity index (χ3v) is 3.12. The van der Waals surface area contributed by atoms with Gasteiger partial charge in [0.1, 0.15) is 12.1 Å². The summed E-state index contributed by atoms with van der Waals surface area (Å²) in [4.78, 5) is 10.8. The lowest BCUT2D eigenvalue weighted by atomic mass is 10.2. The van der Waals surface area contributed by atoms with Crippen molar-refractivity contribution in [1.82, 2.24) is 24.6 Å². The first kappa shape index (κ1) is 13.7. The molecule has 0 aliphatic carbocycles. The van der Waals surface area contributed by atoms with Crippen LogP contribution >= 0.6 is 0 Å². The Balaban J connectivity index is 2.01. The standard InChI is InChI=1S/C13H22N6/c1-10-11-12(14-7-5-6-8-18(2)3)15-9-16-13(11)19(4)17-10/h9H,5-8H2,1-4H3,(H,14,15,16). The van der Waals surface area contributed by atoms with Gasteiger partial charge in [-0.1, -0.05) is 0 Å². The number of nitrogens with one attached hydrogen (secondary N) is 1. The van der Waals surface area contributed by atoms with Crippen molar-refractivity contribution in [2.24, 2.45) is 7.05 Å². The molecule has 0 aliphatic heterocycles. The van der Waals surface area contributed by atoms with Crippen LogP contribution in [0.4, 0.5) is 5.82 Å². The van der Waals surface area contributed by atoms with E-state index in [9.17, 15) is 0 Å². The molecule has 6 heteroatoms. The second kappa shape index (κ2) is 5.97. The lowest BCUT2D eigenvalue weighted by molar-refractivity contribution is 0.396. The van der Waals surface area contributed by atoms with Crippen LogP contribution in [-0.4, -0.2) is 51.8 Å². The van der Waals surface area contributed by atoms with Gasteiger partial charge in [0, 0.05) is 13.6 Å². The van der Waals surface area contributed by atoms with E-state index in [0.717, 1.165) is 42.1 Å². The Labute approximate surface area is 113 Å². The second-order valence-corrected chi connectivity index (χ2v) is 5.07. The number of hydrogen-bond acceptors (Lipinski definition) is 5. The molecule has 2 aromatic heterocycles. The molecule has 0 atom stereocenters. The van der Waals surface area contributed by atoms with Gasteiger partial charge >= 0.3 is 0 Å². The molecular formula is C13H22N6. The van der Waals surface area contributed by atoms with Gasteiger partial charge in [-0.3, -0.25) is 4.68 Å². The van der Waals surface area contributed by atoms with Gasteiger partial charge in [-0.2, -0.15) is 5.10 Å². The molecule has 0 fully saturated rings. The van der Waals surface area contributed by atoms with Crippen LogP contribution in [-0.2, 0) is 7.05 Å². The third-order valence-electron chi connectivity index (χ3n) is 3.12. The molecule has 0 spiro atoms.